The minimum absolute atomic E-state index is 0.226. The number of hydrogen-bond acceptors (Lipinski definition) is 4. The molecule has 2 heterocycles. The van der Waals surface area contributed by atoms with Crippen molar-refractivity contribution < 1.29 is 4.74 Å². The molecule has 0 aromatic carbocycles. The smallest absolute Gasteiger partial charge is 0.0685 e. The Kier molecular flexibility index (Phi) is 4.18. The van der Waals surface area contributed by atoms with Gasteiger partial charge in [0.15, 0.2) is 0 Å². The standard InChI is InChI=1S/C14H26N2OS/c15-16-13(12-4-8-18-10-12)11-3-7-17-14(9-11)5-1-2-6-14/h11-13,16H,1-10,15H2. The Hall–Kier alpha value is 0.230. The van der Waals surface area contributed by atoms with Crippen molar-refractivity contribution >= 4 is 11.8 Å². The average Bonchev–Trinajstić information content (AvgIpc) is 3.03. The summed E-state index contributed by atoms with van der Waals surface area (Å²) in [6.07, 6.45) is 9.03. The Morgan fingerprint density at radius 3 is 2.72 bits per heavy atom. The SMILES string of the molecule is NNC(C1CCSC1)C1CCOC2(CCCC2)C1. The van der Waals surface area contributed by atoms with E-state index >= 15 is 0 Å². The maximum atomic E-state index is 6.14. The number of hydrazine groups is 1. The molecule has 2 saturated heterocycles. The zero-order valence-corrected chi connectivity index (χ0v) is 12.0. The van der Waals surface area contributed by atoms with Crippen LogP contribution >= 0.6 is 11.8 Å². The van der Waals surface area contributed by atoms with Gasteiger partial charge in [0, 0.05) is 12.6 Å². The molecule has 0 aromatic rings. The van der Waals surface area contributed by atoms with Gasteiger partial charge in [0.2, 0.25) is 0 Å². The molecule has 0 amide bonds. The van der Waals surface area contributed by atoms with Gasteiger partial charge in [-0.3, -0.25) is 11.3 Å². The summed E-state index contributed by atoms with van der Waals surface area (Å²) in [6.45, 7) is 0.947. The maximum absolute atomic E-state index is 6.14. The van der Waals surface area contributed by atoms with Crippen molar-refractivity contribution in [1.29, 1.82) is 0 Å². The van der Waals surface area contributed by atoms with E-state index in [9.17, 15) is 0 Å². The predicted molar refractivity (Wildman–Crippen MR) is 76.4 cm³/mol. The number of rotatable bonds is 3. The Balaban J connectivity index is 1.66. The van der Waals surface area contributed by atoms with Gasteiger partial charge < -0.3 is 4.74 Å². The molecule has 3 aliphatic rings. The van der Waals surface area contributed by atoms with Crippen LogP contribution in [-0.4, -0.2) is 29.8 Å². The topological polar surface area (TPSA) is 47.3 Å². The molecule has 104 valence electrons. The highest BCUT2D eigenvalue weighted by Gasteiger charge is 2.43. The summed E-state index contributed by atoms with van der Waals surface area (Å²) < 4.78 is 6.14. The lowest BCUT2D eigenvalue weighted by Gasteiger charge is -2.42. The highest BCUT2D eigenvalue weighted by molar-refractivity contribution is 7.99. The quantitative estimate of drug-likeness (QED) is 0.610. The van der Waals surface area contributed by atoms with Crippen LogP contribution < -0.4 is 11.3 Å². The first kappa shape index (κ1) is 13.2. The zero-order valence-electron chi connectivity index (χ0n) is 11.2. The minimum Gasteiger partial charge on any atom is -0.375 e. The molecular formula is C14H26N2OS. The summed E-state index contributed by atoms with van der Waals surface area (Å²) >= 11 is 2.09. The van der Waals surface area contributed by atoms with Crippen LogP contribution in [0.1, 0.15) is 44.9 Å². The Morgan fingerprint density at radius 1 is 1.22 bits per heavy atom. The van der Waals surface area contributed by atoms with Gasteiger partial charge in [-0.2, -0.15) is 11.8 Å². The molecule has 0 radical (unpaired) electrons. The van der Waals surface area contributed by atoms with Crippen LogP contribution in [0.5, 0.6) is 0 Å². The van der Waals surface area contributed by atoms with Crippen LogP contribution in [0, 0.1) is 11.8 Å². The van der Waals surface area contributed by atoms with Gasteiger partial charge in [0.1, 0.15) is 0 Å². The maximum Gasteiger partial charge on any atom is 0.0685 e. The summed E-state index contributed by atoms with van der Waals surface area (Å²) in [5.41, 5.74) is 3.38. The van der Waals surface area contributed by atoms with Crippen molar-refractivity contribution in [3.8, 4) is 0 Å². The zero-order chi connectivity index (χ0) is 12.4. The number of nitrogens with two attached hydrogens (primary N) is 1. The summed E-state index contributed by atoms with van der Waals surface area (Å²) in [5.74, 6) is 9.98. The van der Waals surface area contributed by atoms with Gasteiger partial charge in [-0.25, -0.2) is 0 Å². The van der Waals surface area contributed by atoms with E-state index in [1.54, 1.807) is 0 Å². The molecule has 3 N–H and O–H groups in total. The highest BCUT2D eigenvalue weighted by atomic mass is 32.2. The summed E-state index contributed by atoms with van der Waals surface area (Å²) in [7, 11) is 0. The number of ether oxygens (including phenoxy) is 1. The predicted octanol–water partition coefficient (Wildman–Crippen LogP) is 2.31. The fraction of sp³-hybridized carbons (Fsp3) is 1.00. The lowest BCUT2D eigenvalue weighted by molar-refractivity contribution is -0.100. The lowest BCUT2D eigenvalue weighted by Crippen LogP contribution is -2.51. The first-order valence-corrected chi connectivity index (χ1v) is 8.66. The van der Waals surface area contributed by atoms with Crippen LogP contribution in [0.25, 0.3) is 0 Å². The molecule has 1 aliphatic carbocycles. The Labute approximate surface area is 115 Å². The molecule has 3 rings (SSSR count). The van der Waals surface area contributed by atoms with Crippen LogP contribution in [0.15, 0.2) is 0 Å². The van der Waals surface area contributed by atoms with Crippen molar-refractivity contribution in [3.05, 3.63) is 0 Å². The number of thioether (sulfide) groups is 1. The van der Waals surface area contributed by atoms with Crippen LogP contribution in [0.3, 0.4) is 0 Å². The van der Waals surface area contributed by atoms with Crippen LogP contribution in [0.4, 0.5) is 0 Å². The normalized spacial score (nSPS) is 37.2. The van der Waals surface area contributed by atoms with E-state index in [4.69, 9.17) is 10.6 Å². The van der Waals surface area contributed by atoms with E-state index in [-0.39, 0.29) is 5.60 Å². The molecule has 3 fully saturated rings. The molecule has 1 saturated carbocycles. The van der Waals surface area contributed by atoms with E-state index < -0.39 is 0 Å². The van der Waals surface area contributed by atoms with Crippen molar-refractivity contribution in [1.82, 2.24) is 5.43 Å². The van der Waals surface area contributed by atoms with Gasteiger partial charge in [-0.1, -0.05) is 12.8 Å². The van der Waals surface area contributed by atoms with E-state index in [0.29, 0.717) is 6.04 Å². The van der Waals surface area contributed by atoms with Crippen molar-refractivity contribution in [3.63, 3.8) is 0 Å². The first-order valence-electron chi connectivity index (χ1n) is 7.51. The highest BCUT2D eigenvalue weighted by Crippen LogP contribution is 2.44. The summed E-state index contributed by atoms with van der Waals surface area (Å²) in [5, 5.41) is 0. The lowest BCUT2D eigenvalue weighted by atomic mass is 9.76. The molecule has 2 aliphatic heterocycles. The molecule has 3 unspecified atom stereocenters. The second-order valence-electron chi connectivity index (χ2n) is 6.31. The molecule has 0 bridgehead atoms. The second-order valence-corrected chi connectivity index (χ2v) is 7.46. The Morgan fingerprint density at radius 2 is 2.06 bits per heavy atom. The van der Waals surface area contributed by atoms with E-state index in [2.05, 4.69) is 17.2 Å². The molecular weight excluding hydrogens is 244 g/mol. The fourth-order valence-corrected chi connectivity index (χ4v) is 5.55. The van der Waals surface area contributed by atoms with Crippen molar-refractivity contribution in [2.45, 2.75) is 56.6 Å². The summed E-state index contributed by atoms with van der Waals surface area (Å²) in [6, 6.07) is 0.515. The van der Waals surface area contributed by atoms with Gasteiger partial charge in [0.05, 0.1) is 5.60 Å². The molecule has 0 aromatic heterocycles. The molecule has 1 spiro atoms. The third kappa shape index (κ3) is 2.58. The fourth-order valence-electron chi connectivity index (χ4n) is 4.23. The third-order valence-electron chi connectivity index (χ3n) is 5.22. The molecule has 18 heavy (non-hydrogen) atoms. The van der Waals surface area contributed by atoms with Gasteiger partial charge in [-0.15, -0.1) is 0 Å². The molecule has 3 atom stereocenters. The van der Waals surface area contributed by atoms with Crippen LogP contribution in [0.2, 0.25) is 0 Å². The molecule has 3 nitrogen and oxygen atoms in total. The number of nitrogens with one attached hydrogen (secondary N) is 1. The van der Waals surface area contributed by atoms with Crippen LogP contribution in [-0.2, 0) is 4.74 Å². The monoisotopic (exact) mass is 270 g/mol. The van der Waals surface area contributed by atoms with Gasteiger partial charge in [0.25, 0.3) is 0 Å². The molecule has 4 heteroatoms. The summed E-state index contributed by atoms with van der Waals surface area (Å²) in [4.78, 5) is 0. The van der Waals surface area contributed by atoms with E-state index in [1.807, 2.05) is 0 Å². The number of hydrogen-bond donors (Lipinski definition) is 2. The van der Waals surface area contributed by atoms with Crippen molar-refractivity contribution in [2.75, 3.05) is 18.1 Å². The second kappa shape index (κ2) is 5.70. The van der Waals surface area contributed by atoms with Gasteiger partial charge in [-0.05, 0) is 55.4 Å². The average molecular weight is 270 g/mol. The van der Waals surface area contributed by atoms with Gasteiger partial charge >= 0.3 is 0 Å². The van der Waals surface area contributed by atoms with E-state index in [0.717, 1.165) is 18.4 Å². The first-order chi connectivity index (χ1) is 8.83. The largest absolute Gasteiger partial charge is 0.375 e. The van der Waals surface area contributed by atoms with E-state index in [1.165, 1.54) is 56.5 Å². The third-order valence-corrected chi connectivity index (χ3v) is 6.41. The Bertz CT molecular complexity index is 275. The minimum atomic E-state index is 0.226. The van der Waals surface area contributed by atoms with Crippen molar-refractivity contribution in [2.24, 2.45) is 17.7 Å².